The summed E-state index contributed by atoms with van der Waals surface area (Å²) in [6.07, 6.45) is 5.56. The maximum absolute atomic E-state index is 12.7. The minimum Gasteiger partial charge on any atom is -0.369 e. The first-order valence-electron chi connectivity index (χ1n) is 9.34. The van der Waals surface area contributed by atoms with Gasteiger partial charge in [0.25, 0.3) is 5.91 Å². The Bertz CT molecular complexity index is 785. The van der Waals surface area contributed by atoms with E-state index in [9.17, 15) is 4.79 Å². The minimum atomic E-state index is -0.191. The van der Waals surface area contributed by atoms with Crippen molar-refractivity contribution in [2.45, 2.75) is 51.3 Å². The van der Waals surface area contributed by atoms with Crippen LogP contribution < -0.4 is 10.6 Å². The Morgan fingerprint density at radius 2 is 2.26 bits per heavy atom. The number of halogens is 1. The van der Waals surface area contributed by atoms with Crippen LogP contribution in [-0.2, 0) is 29.8 Å². The Morgan fingerprint density at radius 3 is 3.04 bits per heavy atom. The molecule has 2 aliphatic heterocycles. The van der Waals surface area contributed by atoms with E-state index in [1.165, 1.54) is 10.4 Å². The lowest BCUT2D eigenvalue weighted by Gasteiger charge is -2.40. The second-order valence-electron chi connectivity index (χ2n) is 6.93. The topological polar surface area (TPSA) is 81.1 Å². The van der Waals surface area contributed by atoms with Crippen LogP contribution in [0.3, 0.4) is 0 Å². The first-order chi connectivity index (χ1) is 12.7. The molecule has 0 radical (unpaired) electrons. The third-order valence-corrected chi connectivity index (χ3v) is 6.54. The molecule has 1 fully saturated rings. The van der Waals surface area contributed by atoms with Crippen LogP contribution in [0, 0.1) is 0 Å². The molecule has 4 rings (SSSR count). The van der Waals surface area contributed by atoms with Gasteiger partial charge in [-0.1, -0.05) is 6.92 Å². The van der Waals surface area contributed by atoms with Crippen molar-refractivity contribution in [1.29, 1.82) is 0 Å². The molecule has 1 saturated heterocycles. The number of carbonyl (C=O) groups is 1. The number of carbonyl (C=O) groups excluding carboxylic acids is 1. The van der Waals surface area contributed by atoms with Crippen LogP contribution in [0.15, 0.2) is 12.4 Å². The average Bonchev–Trinajstić information content (AvgIpc) is 3.29. The largest absolute Gasteiger partial charge is 0.369 e. The number of aromatic nitrogens is 3. The second-order valence-corrected chi connectivity index (χ2v) is 7.98. The van der Waals surface area contributed by atoms with E-state index in [4.69, 9.17) is 4.74 Å². The molecule has 1 amide bonds. The van der Waals surface area contributed by atoms with Crippen LogP contribution in [-0.4, -0.2) is 40.4 Å². The zero-order valence-corrected chi connectivity index (χ0v) is 17.1. The summed E-state index contributed by atoms with van der Waals surface area (Å²) in [6.45, 7) is 6.03. The number of amides is 1. The van der Waals surface area contributed by atoms with E-state index in [2.05, 4.69) is 33.8 Å². The van der Waals surface area contributed by atoms with Gasteiger partial charge in [0.2, 0.25) is 0 Å². The van der Waals surface area contributed by atoms with Crippen LogP contribution in [0.2, 0.25) is 0 Å². The first-order valence-corrected chi connectivity index (χ1v) is 10.2. The van der Waals surface area contributed by atoms with Gasteiger partial charge in [0.1, 0.15) is 11.9 Å². The third kappa shape index (κ3) is 4.03. The molecule has 0 saturated carbocycles. The smallest absolute Gasteiger partial charge is 0.261 e. The number of rotatable bonds is 5. The molecule has 0 unspecified atom stereocenters. The highest BCUT2D eigenvalue weighted by atomic mass is 35.5. The van der Waals surface area contributed by atoms with Crippen molar-refractivity contribution in [2.24, 2.45) is 0 Å². The molecule has 1 spiro atoms. The lowest BCUT2D eigenvalue weighted by Crippen LogP contribution is -2.43. The van der Waals surface area contributed by atoms with E-state index in [0.717, 1.165) is 62.6 Å². The molecular formula is C18H26ClN5O2S. The van der Waals surface area contributed by atoms with Crippen molar-refractivity contribution >= 4 is 29.7 Å². The van der Waals surface area contributed by atoms with E-state index >= 15 is 0 Å². The zero-order chi connectivity index (χ0) is 18.0. The van der Waals surface area contributed by atoms with Crippen molar-refractivity contribution in [3.05, 3.63) is 33.5 Å². The SMILES string of the molecule is CCCn1cnnc1CNC(=O)c1cc2c(s1)C1(CCNCC1)OCC2.Cl. The van der Waals surface area contributed by atoms with Crippen LogP contribution in [0.1, 0.15) is 52.1 Å². The molecule has 0 aromatic carbocycles. The maximum atomic E-state index is 12.7. The Balaban J connectivity index is 0.00000210. The van der Waals surface area contributed by atoms with Gasteiger partial charge in [-0.3, -0.25) is 4.79 Å². The molecule has 0 atom stereocenters. The van der Waals surface area contributed by atoms with Gasteiger partial charge in [-0.05, 0) is 50.4 Å². The number of hydrogen-bond donors (Lipinski definition) is 2. The summed E-state index contributed by atoms with van der Waals surface area (Å²) in [4.78, 5) is 14.7. The molecule has 7 nitrogen and oxygen atoms in total. The van der Waals surface area contributed by atoms with E-state index < -0.39 is 0 Å². The van der Waals surface area contributed by atoms with Crippen molar-refractivity contribution in [3.63, 3.8) is 0 Å². The molecule has 2 aliphatic rings. The number of thiophene rings is 1. The fourth-order valence-electron chi connectivity index (χ4n) is 3.83. The van der Waals surface area contributed by atoms with Gasteiger partial charge < -0.3 is 19.9 Å². The monoisotopic (exact) mass is 411 g/mol. The van der Waals surface area contributed by atoms with Gasteiger partial charge in [-0.25, -0.2) is 0 Å². The molecule has 2 aromatic heterocycles. The van der Waals surface area contributed by atoms with Gasteiger partial charge in [-0.2, -0.15) is 0 Å². The Kier molecular flexibility index (Phi) is 6.52. The number of fused-ring (bicyclic) bond motifs is 2. The molecule has 2 N–H and O–H groups in total. The minimum absolute atomic E-state index is 0. The number of nitrogens with one attached hydrogen (secondary N) is 2. The van der Waals surface area contributed by atoms with E-state index in [1.54, 1.807) is 17.7 Å². The van der Waals surface area contributed by atoms with Gasteiger partial charge in [-0.15, -0.1) is 33.9 Å². The van der Waals surface area contributed by atoms with Crippen molar-refractivity contribution in [2.75, 3.05) is 19.7 Å². The Morgan fingerprint density at radius 1 is 1.44 bits per heavy atom. The van der Waals surface area contributed by atoms with E-state index in [0.29, 0.717) is 6.54 Å². The fourth-order valence-corrected chi connectivity index (χ4v) is 5.15. The molecule has 9 heteroatoms. The molecule has 2 aromatic rings. The summed E-state index contributed by atoms with van der Waals surface area (Å²) >= 11 is 1.59. The first kappa shape index (κ1) is 20.3. The van der Waals surface area contributed by atoms with E-state index in [1.807, 2.05) is 4.57 Å². The Hall–Kier alpha value is -1.48. The lowest BCUT2D eigenvalue weighted by atomic mass is 9.86. The summed E-state index contributed by atoms with van der Waals surface area (Å²) in [5.41, 5.74) is 1.09. The maximum Gasteiger partial charge on any atom is 0.261 e. The van der Waals surface area contributed by atoms with Crippen LogP contribution in [0.4, 0.5) is 0 Å². The number of aryl methyl sites for hydroxylation is 1. The Labute approximate surface area is 169 Å². The quantitative estimate of drug-likeness (QED) is 0.788. The number of ether oxygens (including phenoxy) is 1. The predicted octanol–water partition coefficient (Wildman–Crippen LogP) is 2.25. The van der Waals surface area contributed by atoms with E-state index in [-0.39, 0.29) is 23.9 Å². The highest BCUT2D eigenvalue weighted by Crippen LogP contribution is 2.44. The number of hydrogen-bond acceptors (Lipinski definition) is 6. The highest BCUT2D eigenvalue weighted by Gasteiger charge is 2.41. The highest BCUT2D eigenvalue weighted by molar-refractivity contribution is 7.14. The summed E-state index contributed by atoms with van der Waals surface area (Å²) in [5, 5.41) is 14.4. The molecular weight excluding hydrogens is 386 g/mol. The zero-order valence-electron chi connectivity index (χ0n) is 15.5. The van der Waals surface area contributed by atoms with Crippen molar-refractivity contribution < 1.29 is 9.53 Å². The summed E-state index contributed by atoms with van der Waals surface area (Å²) < 4.78 is 8.19. The van der Waals surface area contributed by atoms with Gasteiger partial charge in [0, 0.05) is 11.4 Å². The summed E-state index contributed by atoms with van der Waals surface area (Å²) in [6, 6.07) is 2.05. The predicted molar refractivity (Wildman–Crippen MR) is 106 cm³/mol. The van der Waals surface area contributed by atoms with Crippen molar-refractivity contribution in [3.8, 4) is 0 Å². The van der Waals surface area contributed by atoms with Gasteiger partial charge >= 0.3 is 0 Å². The molecule has 0 aliphatic carbocycles. The lowest BCUT2D eigenvalue weighted by molar-refractivity contribution is -0.0771. The van der Waals surface area contributed by atoms with Crippen molar-refractivity contribution in [1.82, 2.24) is 25.4 Å². The summed E-state index contributed by atoms with van der Waals surface area (Å²) in [7, 11) is 0. The fraction of sp³-hybridized carbons (Fsp3) is 0.611. The van der Waals surface area contributed by atoms with Crippen LogP contribution >= 0.6 is 23.7 Å². The van der Waals surface area contributed by atoms with Gasteiger partial charge in [0.15, 0.2) is 5.82 Å². The standard InChI is InChI=1S/C18H25N5O2S.ClH/c1-2-8-23-12-21-22-15(23)11-20-17(24)14-10-13-3-9-25-18(16(13)26-14)4-6-19-7-5-18;/h10,12,19H,2-9,11H2,1H3,(H,20,24);1H. The van der Waals surface area contributed by atoms with Gasteiger partial charge in [0.05, 0.1) is 18.0 Å². The third-order valence-electron chi connectivity index (χ3n) is 5.17. The van der Waals surface area contributed by atoms with Crippen LogP contribution in [0.25, 0.3) is 0 Å². The number of nitrogens with zero attached hydrogens (tertiary/aromatic N) is 3. The average molecular weight is 412 g/mol. The summed E-state index contributed by atoms with van der Waals surface area (Å²) in [5.74, 6) is 0.749. The molecule has 148 valence electrons. The molecule has 4 heterocycles. The number of piperidine rings is 1. The molecule has 0 bridgehead atoms. The van der Waals surface area contributed by atoms with Crippen LogP contribution in [0.5, 0.6) is 0 Å². The normalized spacial score (nSPS) is 18.0. The second kappa shape index (κ2) is 8.68. The molecule has 27 heavy (non-hydrogen) atoms.